The van der Waals surface area contributed by atoms with Crippen molar-refractivity contribution < 1.29 is 8.42 Å². The first-order chi connectivity index (χ1) is 9.53. The van der Waals surface area contributed by atoms with Gasteiger partial charge in [0.25, 0.3) is 0 Å². The summed E-state index contributed by atoms with van der Waals surface area (Å²) in [5.41, 5.74) is 0.763. The van der Waals surface area contributed by atoms with Gasteiger partial charge in [-0.1, -0.05) is 0 Å². The normalized spacial score (nSPS) is 11.5. The molecule has 9 heteroatoms. The van der Waals surface area contributed by atoms with E-state index >= 15 is 0 Å². The largest absolute Gasteiger partial charge is 0.355 e. The molecule has 0 aliphatic carbocycles. The molecule has 0 unspecified atom stereocenters. The molecular formula is C11H16N6O2S. The number of nitrogens with zero attached hydrogens (tertiary/aromatic N) is 4. The van der Waals surface area contributed by atoms with E-state index in [1.54, 1.807) is 24.0 Å². The Morgan fingerprint density at radius 2 is 2.00 bits per heavy atom. The molecule has 8 nitrogen and oxygen atoms in total. The third-order valence-electron chi connectivity index (χ3n) is 2.64. The zero-order valence-corrected chi connectivity index (χ0v) is 12.1. The molecule has 0 saturated carbocycles. The summed E-state index contributed by atoms with van der Waals surface area (Å²) in [5, 5.41) is 6.87. The van der Waals surface area contributed by atoms with Gasteiger partial charge >= 0.3 is 0 Å². The molecule has 0 saturated heterocycles. The van der Waals surface area contributed by atoms with E-state index in [4.69, 9.17) is 0 Å². The minimum atomic E-state index is -3.63. The molecule has 108 valence electrons. The summed E-state index contributed by atoms with van der Waals surface area (Å²) in [6.45, 7) is 2.74. The molecule has 0 aromatic carbocycles. The number of aromatic nitrogens is 4. The Bertz CT molecular complexity index is 664. The van der Waals surface area contributed by atoms with Crippen molar-refractivity contribution in [3.05, 3.63) is 30.4 Å². The van der Waals surface area contributed by atoms with Crippen LogP contribution in [0.15, 0.2) is 29.6 Å². The fourth-order valence-corrected chi connectivity index (χ4v) is 2.42. The Hall–Kier alpha value is -2.00. The molecule has 0 fully saturated rings. The Morgan fingerprint density at radius 1 is 1.30 bits per heavy atom. The molecule has 2 N–H and O–H groups in total. The van der Waals surface area contributed by atoms with Crippen LogP contribution in [-0.2, 0) is 23.6 Å². The van der Waals surface area contributed by atoms with Crippen LogP contribution < -0.4 is 10.0 Å². The Balaban J connectivity index is 2.08. The second kappa shape index (κ2) is 5.97. The number of nitrogens with one attached hydrogen (secondary N) is 2. The molecule has 20 heavy (non-hydrogen) atoms. The first-order valence-electron chi connectivity index (χ1n) is 6.05. The molecule has 2 rings (SSSR count). The van der Waals surface area contributed by atoms with Gasteiger partial charge in [-0.2, -0.15) is 5.10 Å². The average molecular weight is 296 g/mol. The van der Waals surface area contributed by atoms with Crippen molar-refractivity contribution in [3.63, 3.8) is 0 Å². The number of rotatable bonds is 6. The van der Waals surface area contributed by atoms with E-state index < -0.39 is 10.0 Å². The fourth-order valence-electron chi connectivity index (χ4n) is 1.53. The van der Waals surface area contributed by atoms with E-state index in [1.165, 1.54) is 12.4 Å². The van der Waals surface area contributed by atoms with Crippen molar-refractivity contribution in [2.75, 3.05) is 11.9 Å². The minimum Gasteiger partial charge on any atom is -0.355 e. The van der Waals surface area contributed by atoms with Crippen LogP contribution in [0.5, 0.6) is 0 Å². The van der Waals surface area contributed by atoms with Crippen molar-refractivity contribution in [3.8, 4) is 0 Å². The monoisotopic (exact) mass is 296 g/mol. The number of hydrogen-bond acceptors (Lipinski definition) is 6. The van der Waals surface area contributed by atoms with Crippen LogP contribution in [0.25, 0.3) is 0 Å². The van der Waals surface area contributed by atoms with Crippen LogP contribution >= 0.6 is 0 Å². The van der Waals surface area contributed by atoms with Gasteiger partial charge in [0.05, 0.1) is 24.6 Å². The number of aryl methyl sites for hydroxylation is 1. The Morgan fingerprint density at radius 3 is 2.55 bits per heavy atom. The molecule has 2 heterocycles. The van der Waals surface area contributed by atoms with E-state index in [2.05, 4.69) is 25.1 Å². The summed E-state index contributed by atoms with van der Waals surface area (Å²) < 4.78 is 28.2. The highest BCUT2D eigenvalue weighted by Gasteiger charge is 2.15. The lowest BCUT2D eigenvalue weighted by atomic mass is 10.4. The first-order valence-corrected chi connectivity index (χ1v) is 7.53. The van der Waals surface area contributed by atoms with Gasteiger partial charge in [0, 0.05) is 19.8 Å². The SMILES string of the molecule is CCNc1ncc(S(=O)(=O)NCc2ccnn2C)cn1. The van der Waals surface area contributed by atoms with Gasteiger partial charge in [0.15, 0.2) is 0 Å². The maximum absolute atomic E-state index is 12.1. The van der Waals surface area contributed by atoms with E-state index in [1.807, 2.05) is 6.92 Å². The molecule has 0 radical (unpaired) electrons. The maximum atomic E-state index is 12.1. The molecule has 0 bridgehead atoms. The highest BCUT2D eigenvalue weighted by molar-refractivity contribution is 7.89. The van der Waals surface area contributed by atoms with Crippen molar-refractivity contribution in [2.24, 2.45) is 7.05 Å². The zero-order valence-electron chi connectivity index (χ0n) is 11.2. The molecule has 0 aliphatic heterocycles. The fraction of sp³-hybridized carbons (Fsp3) is 0.364. The summed E-state index contributed by atoms with van der Waals surface area (Å²) in [7, 11) is -1.88. The molecule has 0 amide bonds. The van der Waals surface area contributed by atoms with Gasteiger partial charge < -0.3 is 5.32 Å². The van der Waals surface area contributed by atoms with Crippen LogP contribution in [0.3, 0.4) is 0 Å². The molecule has 0 aliphatic rings. The minimum absolute atomic E-state index is 0.0290. The standard InChI is InChI=1S/C11H16N6O2S/c1-3-12-11-13-7-10(8-14-11)20(18,19)16-6-9-4-5-15-17(9)2/h4-5,7-8,16H,3,6H2,1-2H3,(H,12,13,14). The summed E-state index contributed by atoms with van der Waals surface area (Å²) >= 11 is 0. The number of sulfonamides is 1. The topological polar surface area (TPSA) is 102 Å². The van der Waals surface area contributed by atoms with Gasteiger partial charge in [-0.3, -0.25) is 4.68 Å². The smallest absolute Gasteiger partial charge is 0.243 e. The van der Waals surface area contributed by atoms with Crippen molar-refractivity contribution >= 4 is 16.0 Å². The Kier molecular flexibility index (Phi) is 4.30. The van der Waals surface area contributed by atoms with Crippen molar-refractivity contribution in [1.29, 1.82) is 0 Å². The lowest BCUT2D eigenvalue weighted by molar-refractivity contribution is 0.576. The molecular weight excluding hydrogens is 280 g/mol. The van der Waals surface area contributed by atoms with Crippen LogP contribution in [0.1, 0.15) is 12.6 Å². The second-order valence-corrected chi connectivity index (χ2v) is 5.81. The van der Waals surface area contributed by atoms with Crippen LogP contribution in [-0.4, -0.2) is 34.7 Å². The predicted molar refractivity (Wildman–Crippen MR) is 73.4 cm³/mol. The van der Waals surface area contributed by atoms with E-state index in [0.29, 0.717) is 12.5 Å². The summed E-state index contributed by atoms with van der Waals surface area (Å²) in [6.07, 6.45) is 4.16. The highest BCUT2D eigenvalue weighted by Crippen LogP contribution is 2.08. The van der Waals surface area contributed by atoms with Crippen LogP contribution in [0, 0.1) is 0 Å². The summed E-state index contributed by atoms with van der Waals surface area (Å²) in [4.78, 5) is 7.91. The van der Waals surface area contributed by atoms with Gasteiger partial charge in [-0.15, -0.1) is 0 Å². The Labute approximate surface area is 117 Å². The van der Waals surface area contributed by atoms with E-state index in [9.17, 15) is 8.42 Å². The van der Waals surface area contributed by atoms with E-state index in [0.717, 1.165) is 5.69 Å². The quantitative estimate of drug-likeness (QED) is 0.785. The third kappa shape index (κ3) is 3.31. The van der Waals surface area contributed by atoms with Crippen molar-refractivity contribution in [2.45, 2.75) is 18.4 Å². The second-order valence-electron chi connectivity index (χ2n) is 4.04. The van der Waals surface area contributed by atoms with Crippen LogP contribution in [0.2, 0.25) is 0 Å². The molecule has 0 atom stereocenters. The van der Waals surface area contributed by atoms with E-state index in [-0.39, 0.29) is 11.4 Å². The van der Waals surface area contributed by atoms with Gasteiger partial charge in [0.2, 0.25) is 16.0 Å². The summed E-state index contributed by atoms with van der Waals surface area (Å²) in [5.74, 6) is 0.401. The lowest BCUT2D eigenvalue weighted by Crippen LogP contribution is -2.24. The maximum Gasteiger partial charge on any atom is 0.243 e. The predicted octanol–water partition coefficient (Wildman–Crippen LogP) is 0.120. The average Bonchev–Trinajstić information content (AvgIpc) is 2.83. The van der Waals surface area contributed by atoms with Crippen molar-refractivity contribution in [1.82, 2.24) is 24.5 Å². The molecule has 2 aromatic rings. The number of hydrogen-bond donors (Lipinski definition) is 2. The lowest BCUT2D eigenvalue weighted by Gasteiger charge is -2.07. The highest BCUT2D eigenvalue weighted by atomic mass is 32.2. The molecule has 0 spiro atoms. The third-order valence-corrected chi connectivity index (χ3v) is 3.99. The zero-order chi connectivity index (χ0) is 14.6. The number of anilines is 1. The molecule has 2 aromatic heterocycles. The van der Waals surface area contributed by atoms with Gasteiger partial charge in [0.1, 0.15) is 4.90 Å². The van der Waals surface area contributed by atoms with Gasteiger partial charge in [-0.05, 0) is 13.0 Å². The van der Waals surface area contributed by atoms with Gasteiger partial charge in [-0.25, -0.2) is 23.1 Å². The summed E-state index contributed by atoms with van der Waals surface area (Å²) in [6, 6.07) is 1.74. The first kappa shape index (κ1) is 14.4. The van der Waals surface area contributed by atoms with Crippen LogP contribution in [0.4, 0.5) is 5.95 Å².